The first kappa shape index (κ1) is 22.1. The average molecular weight is 363 g/mol. The van der Waals surface area contributed by atoms with Crippen molar-refractivity contribution in [1.29, 1.82) is 0 Å². The number of allylic oxidation sites excluding steroid dienone is 1. The summed E-state index contributed by atoms with van der Waals surface area (Å²) < 4.78 is 11.2. The van der Waals surface area contributed by atoms with Gasteiger partial charge in [-0.3, -0.25) is 4.90 Å². The van der Waals surface area contributed by atoms with E-state index >= 15 is 0 Å². The van der Waals surface area contributed by atoms with Crippen molar-refractivity contribution >= 4 is 24.8 Å². The zero-order valence-electron chi connectivity index (χ0n) is 14.1. The molecule has 1 saturated heterocycles. The average Bonchev–Trinajstić information content (AvgIpc) is 2.85. The van der Waals surface area contributed by atoms with E-state index in [0.717, 1.165) is 37.6 Å². The highest BCUT2D eigenvalue weighted by atomic mass is 35.5. The number of benzene rings is 1. The summed E-state index contributed by atoms with van der Waals surface area (Å²) in [5, 5.41) is 0. The maximum Gasteiger partial charge on any atom is 0.161 e. The number of rotatable bonds is 6. The van der Waals surface area contributed by atoms with Gasteiger partial charge < -0.3 is 15.2 Å². The Bertz CT molecular complexity index is 505. The molecule has 1 atom stereocenters. The van der Waals surface area contributed by atoms with Crippen LogP contribution in [-0.2, 0) is 6.54 Å². The molecule has 6 heteroatoms. The summed E-state index contributed by atoms with van der Waals surface area (Å²) in [5.41, 5.74) is 8.42. The van der Waals surface area contributed by atoms with Gasteiger partial charge in [-0.15, -0.1) is 24.8 Å². The molecule has 2 N–H and O–H groups in total. The Morgan fingerprint density at radius 3 is 2.61 bits per heavy atom. The number of hydrogen-bond donors (Lipinski definition) is 1. The molecule has 1 aromatic carbocycles. The predicted octanol–water partition coefficient (Wildman–Crippen LogP) is 3.42. The van der Waals surface area contributed by atoms with Gasteiger partial charge in [-0.25, -0.2) is 0 Å². The maximum absolute atomic E-state index is 5.95. The molecule has 1 aliphatic heterocycles. The van der Waals surface area contributed by atoms with Crippen molar-refractivity contribution in [2.24, 2.45) is 5.73 Å². The van der Waals surface area contributed by atoms with Gasteiger partial charge in [-0.05, 0) is 44.0 Å². The number of halogens is 2. The molecule has 1 fully saturated rings. The van der Waals surface area contributed by atoms with Gasteiger partial charge in [0.25, 0.3) is 0 Å². The molecule has 0 saturated carbocycles. The minimum Gasteiger partial charge on any atom is -0.493 e. The lowest BCUT2D eigenvalue weighted by Gasteiger charge is -2.17. The zero-order valence-corrected chi connectivity index (χ0v) is 15.7. The van der Waals surface area contributed by atoms with Gasteiger partial charge in [0.15, 0.2) is 11.5 Å². The predicted molar refractivity (Wildman–Crippen MR) is 100 cm³/mol. The molecule has 0 spiro atoms. The first-order chi connectivity index (χ1) is 10.1. The van der Waals surface area contributed by atoms with E-state index in [9.17, 15) is 0 Å². The highest BCUT2D eigenvalue weighted by Crippen LogP contribution is 2.29. The smallest absolute Gasteiger partial charge is 0.161 e. The third-order valence-electron chi connectivity index (χ3n) is 3.67. The molecule has 0 aliphatic carbocycles. The third kappa shape index (κ3) is 7.00. The van der Waals surface area contributed by atoms with Gasteiger partial charge >= 0.3 is 0 Å². The fourth-order valence-electron chi connectivity index (χ4n) is 2.49. The van der Waals surface area contributed by atoms with Crippen LogP contribution in [-0.4, -0.2) is 37.7 Å². The van der Waals surface area contributed by atoms with Crippen molar-refractivity contribution in [3.05, 3.63) is 35.4 Å². The summed E-state index contributed by atoms with van der Waals surface area (Å²) in [6.07, 6.45) is 3.14. The highest BCUT2D eigenvalue weighted by molar-refractivity contribution is 5.85. The SMILES string of the molecule is COc1cc(CN2CCC(N)C2)ccc1OCC=C(C)C.Cl.Cl. The van der Waals surface area contributed by atoms with E-state index in [1.807, 2.05) is 6.07 Å². The topological polar surface area (TPSA) is 47.7 Å². The Hall–Kier alpha value is -0.940. The fourth-order valence-corrected chi connectivity index (χ4v) is 2.49. The van der Waals surface area contributed by atoms with Crippen LogP contribution in [0.25, 0.3) is 0 Å². The van der Waals surface area contributed by atoms with Crippen LogP contribution in [0.15, 0.2) is 29.8 Å². The number of methoxy groups -OCH3 is 1. The van der Waals surface area contributed by atoms with Gasteiger partial charge in [-0.1, -0.05) is 11.6 Å². The van der Waals surface area contributed by atoms with Crippen LogP contribution in [0.5, 0.6) is 11.5 Å². The molecule has 2 rings (SSSR count). The molecule has 1 unspecified atom stereocenters. The standard InChI is InChI=1S/C17H26N2O2.2ClH/c1-13(2)7-9-21-16-5-4-14(10-17(16)20-3)11-19-8-6-15(18)12-19;;/h4-5,7,10,15H,6,8-9,11-12,18H2,1-3H3;2*1H. The van der Waals surface area contributed by atoms with Crippen molar-refractivity contribution < 1.29 is 9.47 Å². The Kier molecular flexibility index (Phi) is 10.3. The van der Waals surface area contributed by atoms with Crippen molar-refractivity contribution in [3.8, 4) is 11.5 Å². The first-order valence-corrected chi connectivity index (χ1v) is 7.49. The molecule has 1 heterocycles. The molecular formula is C17H28Cl2N2O2. The Balaban J connectivity index is 0.00000242. The van der Waals surface area contributed by atoms with Crippen molar-refractivity contribution in [3.63, 3.8) is 0 Å². The van der Waals surface area contributed by atoms with Crippen LogP contribution in [0, 0.1) is 0 Å². The zero-order chi connectivity index (χ0) is 15.2. The van der Waals surface area contributed by atoms with Gasteiger partial charge in [-0.2, -0.15) is 0 Å². The van der Waals surface area contributed by atoms with Crippen LogP contribution in [0.4, 0.5) is 0 Å². The minimum atomic E-state index is 0. The Labute approximate surface area is 151 Å². The van der Waals surface area contributed by atoms with Crippen LogP contribution in [0.1, 0.15) is 25.8 Å². The summed E-state index contributed by atoms with van der Waals surface area (Å²) in [6, 6.07) is 6.47. The summed E-state index contributed by atoms with van der Waals surface area (Å²) in [7, 11) is 1.68. The van der Waals surface area contributed by atoms with E-state index < -0.39 is 0 Å². The molecule has 4 nitrogen and oxygen atoms in total. The van der Waals surface area contributed by atoms with E-state index in [2.05, 4.69) is 37.0 Å². The molecule has 23 heavy (non-hydrogen) atoms. The molecule has 0 radical (unpaired) electrons. The van der Waals surface area contributed by atoms with Crippen molar-refractivity contribution in [2.45, 2.75) is 32.9 Å². The third-order valence-corrected chi connectivity index (χ3v) is 3.67. The van der Waals surface area contributed by atoms with E-state index in [1.54, 1.807) is 7.11 Å². The lowest BCUT2D eigenvalue weighted by atomic mass is 10.2. The maximum atomic E-state index is 5.95. The molecular weight excluding hydrogens is 335 g/mol. The second-order valence-corrected chi connectivity index (χ2v) is 5.86. The highest BCUT2D eigenvalue weighted by Gasteiger charge is 2.19. The van der Waals surface area contributed by atoms with Crippen LogP contribution in [0.2, 0.25) is 0 Å². The largest absolute Gasteiger partial charge is 0.493 e. The second kappa shape index (κ2) is 10.8. The number of ether oxygens (including phenoxy) is 2. The number of nitrogens with zero attached hydrogens (tertiary/aromatic N) is 1. The quantitative estimate of drug-likeness (QED) is 0.787. The second-order valence-electron chi connectivity index (χ2n) is 5.86. The molecule has 0 amide bonds. The summed E-state index contributed by atoms with van der Waals surface area (Å²) >= 11 is 0. The van der Waals surface area contributed by atoms with E-state index in [0.29, 0.717) is 12.6 Å². The number of likely N-dealkylation sites (tertiary alicyclic amines) is 1. The van der Waals surface area contributed by atoms with E-state index in [1.165, 1.54) is 11.1 Å². The monoisotopic (exact) mass is 362 g/mol. The Morgan fingerprint density at radius 2 is 2.04 bits per heavy atom. The van der Waals surface area contributed by atoms with Gasteiger partial charge in [0.2, 0.25) is 0 Å². The molecule has 1 aliphatic rings. The van der Waals surface area contributed by atoms with E-state index in [-0.39, 0.29) is 24.8 Å². The summed E-state index contributed by atoms with van der Waals surface area (Å²) in [5.74, 6) is 1.58. The van der Waals surface area contributed by atoms with Gasteiger partial charge in [0.1, 0.15) is 6.61 Å². The van der Waals surface area contributed by atoms with Crippen molar-refractivity contribution in [1.82, 2.24) is 4.90 Å². The molecule has 132 valence electrons. The van der Waals surface area contributed by atoms with Crippen LogP contribution < -0.4 is 15.2 Å². The van der Waals surface area contributed by atoms with Gasteiger partial charge in [0, 0.05) is 25.7 Å². The minimum absolute atomic E-state index is 0. The van der Waals surface area contributed by atoms with Gasteiger partial charge in [0.05, 0.1) is 7.11 Å². The molecule has 0 bridgehead atoms. The van der Waals surface area contributed by atoms with Crippen molar-refractivity contribution in [2.75, 3.05) is 26.8 Å². The van der Waals surface area contributed by atoms with E-state index in [4.69, 9.17) is 15.2 Å². The lowest BCUT2D eigenvalue weighted by molar-refractivity contribution is 0.317. The van der Waals surface area contributed by atoms with Crippen LogP contribution >= 0.6 is 24.8 Å². The molecule has 1 aromatic rings. The van der Waals surface area contributed by atoms with Crippen LogP contribution in [0.3, 0.4) is 0 Å². The first-order valence-electron chi connectivity index (χ1n) is 7.49. The number of hydrogen-bond acceptors (Lipinski definition) is 4. The lowest BCUT2D eigenvalue weighted by Crippen LogP contribution is -2.26. The summed E-state index contributed by atoms with van der Waals surface area (Å²) in [6.45, 7) is 7.65. The normalized spacial score (nSPS) is 17.0. The molecule has 0 aromatic heterocycles. The summed E-state index contributed by atoms with van der Waals surface area (Å²) in [4.78, 5) is 2.38. The number of nitrogens with two attached hydrogens (primary N) is 1. The fraction of sp³-hybridized carbons (Fsp3) is 0.529. The Morgan fingerprint density at radius 1 is 1.30 bits per heavy atom.